The molecule has 3 aromatic rings. The highest BCUT2D eigenvalue weighted by Gasteiger charge is 2.09. The molecule has 3 rings (SSSR count). The number of ether oxygens (including phenoxy) is 1. The molecule has 0 fully saturated rings. The van der Waals surface area contributed by atoms with Crippen molar-refractivity contribution in [1.29, 1.82) is 0 Å². The van der Waals surface area contributed by atoms with Gasteiger partial charge in [-0.1, -0.05) is 0 Å². The van der Waals surface area contributed by atoms with Crippen LogP contribution in [0.15, 0.2) is 42.7 Å². The van der Waals surface area contributed by atoms with Gasteiger partial charge in [0.2, 0.25) is 0 Å². The second kappa shape index (κ2) is 7.12. The average molecular weight is 337 g/mol. The number of nitrogens with zero attached hydrogens (tertiary/aromatic N) is 4. The molecule has 1 aromatic carbocycles. The summed E-state index contributed by atoms with van der Waals surface area (Å²) in [7, 11) is 5.20. The summed E-state index contributed by atoms with van der Waals surface area (Å²) < 4.78 is 5.49. The number of carbonyl (C=O) groups is 1. The molecule has 0 spiro atoms. The van der Waals surface area contributed by atoms with Gasteiger partial charge in [0.25, 0.3) is 5.91 Å². The maximum absolute atomic E-state index is 11.6. The van der Waals surface area contributed by atoms with Crippen LogP contribution in [-0.2, 0) is 4.79 Å². The van der Waals surface area contributed by atoms with Gasteiger partial charge in [-0.25, -0.2) is 9.97 Å². The second-order valence-electron chi connectivity index (χ2n) is 5.63. The number of carbonyl (C=O) groups excluding carboxylic acids is 1. The molecule has 0 aliphatic carbocycles. The summed E-state index contributed by atoms with van der Waals surface area (Å²) in [4.78, 5) is 26.3. The SMILES string of the molecule is CNc1nc(-c2ccc(OCC(=O)N(C)C)cc2)cc2nccnc12. The van der Waals surface area contributed by atoms with Crippen LogP contribution < -0.4 is 10.1 Å². The fraction of sp³-hybridized carbons (Fsp3) is 0.222. The van der Waals surface area contributed by atoms with Crippen LogP contribution >= 0.6 is 0 Å². The van der Waals surface area contributed by atoms with Crippen LogP contribution in [0.1, 0.15) is 0 Å². The summed E-state index contributed by atoms with van der Waals surface area (Å²) in [6.07, 6.45) is 3.30. The van der Waals surface area contributed by atoms with Crippen LogP contribution in [0, 0.1) is 0 Å². The first-order chi connectivity index (χ1) is 12.1. The third-order valence-corrected chi connectivity index (χ3v) is 3.70. The van der Waals surface area contributed by atoms with Crippen LogP contribution in [0.3, 0.4) is 0 Å². The fourth-order valence-electron chi connectivity index (χ4n) is 2.29. The average Bonchev–Trinajstić information content (AvgIpc) is 2.65. The molecule has 0 saturated carbocycles. The van der Waals surface area contributed by atoms with E-state index in [0.29, 0.717) is 11.6 Å². The van der Waals surface area contributed by atoms with Gasteiger partial charge in [0.15, 0.2) is 12.4 Å². The number of nitrogens with one attached hydrogen (secondary N) is 1. The van der Waals surface area contributed by atoms with E-state index in [-0.39, 0.29) is 12.5 Å². The van der Waals surface area contributed by atoms with Crippen molar-refractivity contribution in [2.75, 3.05) is 33.1 Å². The third-order valence-electron chi connectivity index (χ3n) is 3.70. The molecule has 1 amide bonds. The van der Waals surface area contributed by atoms with Crippen molar-refractivity contribution >= 4 is 22.8 Å². The van der Waals surface area contributed by atoms with Crippen molar-refractivity contribution in [2.45, 2.75) is 0 Å². The Balaban J connectivity index is 1.85. The Hall–Kier alpha value is -3.22. The number of fused-ring (bicyclic) bond motifs is 1. The highest BCUT2D eigenvalue weighted by Crippen LogP contribution is 2.26. The van der Waals surface area contributed by atoms with E-state index >= 15 is 0 Å². The van der Waals surface area contributed by atoms with Gasteiger partial charge >= 0.3 is 0 Å². The van der Waals surface area contributed by atoms with Crippen molar-refractivity contribution in [3.8, 4) is 17.0 Å². The Kier molecular flexibility index (Phi) is 4.74. The Bertz CT molecular complexity index is 894. The second-order valence-corrected chi connectivity index (χ2v) is 5.63. The smallest absolute Gasteiger partial charge is 0.259 e. The zero-order chi connectivity index (χ0) is 17.8. The normalized spacial score (nSPS) is 10.5. The zero-order valence-electron chi connectivity index (χ0n) is 14.4. The molecule has 2 heterocycles. The highest BCUT2D eigenvalue weighted by atomic mass is 16.5. The number of anilines is 1. The summed E-state index contributed by atoms with van der Waals surface area (Å²) in [5.41, 5.74) is 3.22. The standard InChI is InChI=1S/C18H19N5O2/c1-19-18-17-15(20-8-9-21-17)10-14(22-18)12-4-6-13(7-5-12)25-11-16(24)23(2)3/h4-10H,11H2,1-3H3,(H,19,22). The minimum atomic E-state index is -0.0856. The van der Waals surface area contributed by atoms with Gasteiger partial charge in [0, 0.05) is 39.1 Å². The predicted octanol–water partition coefficient (Wildman–Crippen LogP) is 2.20. The molecule has 0 aliphatic rings. The molecule has 0 atom stereocenters. The number of pyridine rings is 1. The first-order valence-electron chi connectivity index (χ1n) is 7.81. The summed E-state index contributed by atoms with van der Waals surface area (Å²) >= 11 is 0. The van der Waals surface area contributed by atoms with Crippen molar-refractivity contribution in [1.82, 2.24) is 19.9 Å². The number of rotatable bonds is 5. The van der Waals surface area contributed by atoms with Crippen molar-refractivity contribution in [2.24, 2.45) is 0 Å². The maximum atomic E-state index is 11.6. The largest absolute Gasteiger partial charge is 0.484 e. The van der Waals surface area contributed by atoms with E-state index in [1.54, 1.807) is 33.5 Å². The number of amides is 1. The molecule has 0 unspecified atom stereocenters. The van der Waals surface area contributed by atoms with E-state index in [4.69, 9.17) is 4.74 Å². The molecular formula is C18H19N5O2. The van der Waals surface area contributed by atoms with Crippen LogP contribution in [0.2, 0.25) is 0 Å². The molecular weight excluding hydrogens is 318 g/mol. The zero-order valence-corrected chi connectivity index (χ0v) is 14.4. The van der Waals surface area contributed by atoms with Gasteiger partial charge < -0.3 is 15.0 Å². The maximum Gasteiger partial charge on any atom is 0.259 e. The molecule has 7 heteroatoms. The highest BCUT2D eigenvalue weighted by molar-refractivity contribution is 5.88. The molecule has 0 bridgehead atoms. The summed E-state index contributed by atoms with van der Waals surface area (Å²) in [6, 6.07) is 9.34. The lowest BCUT2D eigenvalue weighted by Crippen LogP contribution is -2.27. The van der Waals surface area contributed by atoms with Gasteiger partial charge in [0.1, 0.15) is 11.3 Å². The van der Waals surface area contributed by atoms with Gasteiger partial charge in [-0.2, -0.15) is 0 Å². The number of hydrogen-bond acceptors (Lipinski definition) is 6. The Morgan fingerprint density at radius 2 is 1.88 bits per heavy atom. The topological polar surface area (TPSA) is 80.2 Å². The van der Waals surface area contributed by atoms with Crippen molar-refractivity contribution < 1.29 is 9.53 Å². The van der Waals surface area contributed by atoms with Crippen molar-refractivity contribution in [3.63, 3.8) is 0 Å². The lowest BCUT2D eigenvalue weighted by molar-refractivity contribution is -0.130. The first-order valence-corrected chi connectivity index (χ1v) is 7.81. The van der Waals surface area contributed by atoms with Crippen LogP contribution in [-0.4, -0.2) is 53.5 Å². The fourth-order valence-corrected chi connectivity index (χ4v) is 2.29. The van der Waals surface area contributed by atoms with Gasteiger partial charge in [-0.05, 0) is 30.3 Å². The summed E-state index contributed by atoms with van der Waals surface area (Å²) in [5.74, 6) is 1.23. The van der Waals surface area contributed by atoms with E-state index in [9.17, 15) is 4.79 Å². The molecule has 2 aromatic heterocycles. The Morgan fingerprint density at radius 3 is 2.56 bits per heavy atom. The lowest BCUT2D eigenvalue weighted by atomic mass is 10.1. The lowest BCUT2D eigenvalue weighted by Gasteiger charge is -2.12. The molecule has 0 saturated heterocycles. The molecule has 0 radical (unpaired) electrons. The molecule has 25 heavy (non-hydrogen) atoms. The predicted molar refractivity (Wildman–Crippen MR) is 96.5 cm³/mol. The molecule has 0 aliphatic heterocycles. The Labute approximate surface area is 145 Å². The first kappa shape index (κ1) is 16.6. The number of aromatic nitrogens is 3. The molecule has 7 nitrogen and oxygen atoms in total. The molecule has 1 N–H and O–H groups in total. The summed E-state index contributed by atoms with van der Waals surface area (Å²) in [5, 5.41) is 3.05. The monoisotopic (exact) mass is 337 g/mol. The van der Waals surface area contributed by atoms with Gasteiger partial charge in [-0.15, -0.1) is 0 Å². The van der Waals surface area contributed by atoms with Gasteiger partial charge in [0.05, 0.1) is 11.2 Å². The minimum Gasteiger partial charge on any atom is -0.484 e. The van der Waals surface area contributed by atoms with E-state index in [0.717, 1.165) is 22.3 Å². The van der Waals surface area contributed by atoms with E-state index in [1.165, 1.54) is 4.90 Å². The molecule has 128 valence electrons. The number of hydrogen-bond donors (Lipinski definition) is 1. The van der Waals surface area contributed by atoms with E-state index < -0.39 is 0 Å². The third kappa shape index (κ3) is 3.65. The van der Waals surface area contributed by atoms with Crippen molar-refractivity contribution in [3.05, 3.63) is 42.7 Å². The van der Waals surface area contributed by atoms with Crippen LogP contribution in [0.25, 0.3) is 22.3 Å². The summed E-state index contributed by atoms with van der Waals surface area (Å²) in [6.45, 7) is 0.0140. The van der Waals surface area contributed by atoms with Crippen LogP contribution in [0.4, 0.5) is 5.82 Å². The van der Waals surface area contributed by atoms with Crippen LogP contribution in [0.5, 0.6) is 5.75 Å². The quantitative estimate of drug-likeness (QED) is 0.769. The number of benzene rings is 1. The van der Waals surface area contributed by atoms with E-state index in [2.05, 4.69) is 20.3 Å². The van der Waals surface area contributed by atoms with Gasteiger partial charge in [-0.3, -0.25) is 9.78 Å². The Morgan fingerprint density at radius 1 is 1.16 bits per heavy atom. The van der Waals surface area contributed by atoms with E-state index in [1.807, 2.05) is 30.3 Å². The minimum absolute atomic E-state index is 0.0140. The number of likely N-dealkylation sites (N-methyl/N-ethyl adjacent to an activating group) is 1.